The zero-order chi connectivity index (χ0) is 67.4. The number of nitrogens with one attached hydrogen (secondary N) is 1. The second-order valence-electron chi connectivity index (χ2n) is 28.0. The summed E-state index contributed by atoms with van der Waals surface area (Å²) >= 11 is 2.88. The van der Waals surface area contributed by atoms with Gasteiger partial charge < -0.3 is 24.4 Å². The lowest BCUT2D eigenvalue weighted by molar-refractivity contribution is -0.147. The van der Waals surface area contributed by atoms with Crippen LogP contribution in [-0.2, 0) is 61.7 Å². The van der Waals surface area contributed by atoms with Crippen LogP contribution in [0, 0.1) is 34.5 Å². The highest BCUT2D eigenvalue weighted by atomic mass is 32.2. The van der Waals surface area contributed by atoms with Crippen LogP contribution in [0.4, 0.5) is 0 Å². The molecule has 19 nitrogen and oxygen atoms in total. The summed E-state index contributed by atoms with van der Waals surface area (Å²) in [6.07, 6.45) is 21.3. The molecule has 2 aromatic heterocycles. The molecule has 4 N–H and O–H groups in total. The number of hydrogen-bond acceptors (Lipinski definition) is 16. The lowest BCUT2D eigenvalue weighted by Gasteiger charge is -2.29. The summed E-state index contributed by atoms with van der Waals surface area (Å²) in [7, 11) is -7.00. The fourth-order valence-corrected chi connectivity index (χ4v) is 18.1. The highest BCUT2D eigenvalue weighted by molar-refractivity contribution is 7.91. The van der Waals surface area contributed by atoms with Crippen LogP contribution in [0.5, 0.6) is 10.4 Å². The highest BCUT2D eigenvalue weighted by Crippen LogP contribution is 2.58. The minimum absolute atomic E-state index is 0.0349. The average Bonchev–Trinajstić information content (AvgIpc) is 1.58. The van der Waals surface area contributed by atoms with Gasteiger partial charge in [0.05, 0.1) is 66.4 Å². The number of para-hydroxylation sites is 2. The first-order valence-corrected chi connectivity index (χ1v) is 38.8. The van der Waals surface area contributed by atoms with Crippen LogP contribution < -0.4 is 19.3 Å². The maximum Gasteiger partial charge on any atom is 0.310 e. The van der Waals surface area contributed by atoms with Crippen LogP contribution in [-0.4, -0.2) is 124 Å². The number of hydrogen-bond donors (Lipinski definition) is 3. The lowest BCUT2D eigenvalue weighted by Crippen LogP contribution is -2.46. The predicted molar refractivity (Wildman–Crippen MR) is 369 cm³/mol. The topological polar surface area (TPSA) is 280 Å². The fourth-order valence-electron chi connectivity index (χ4n) is 14.3. The van der Waals surface area contributed by atoms with Gasteiger partial charge in [-0.15, -0.1) is 0 Å². The first-order valence-electron chi connectivity index (χ1n) is 34.0. The van der Waals surface area contributed by atoms with Gasteiger partial charge in [0.1, 0.15) is 12.2 Å². The van der Waals surface area contributed by atoms with Crippen molar-refractivity contribution in [1.82, 2.24) is 24.5 Å². The molecule has 6 aromatic rings. The molecular formula is C73H86N6O13S4. The molecule has 4 aromatic carbocycles. The van der Waals surface area contributed by atoms with Crippen molar-refractivity contribution < 1.29 is 60.2 Å². The van der Waals surface area contributed by atoms with Crippen molar-refractivity contribution in [1.29, 1.82) is 0 Å². The van der Waals surface area contributed by atoms with Crippen molar-refractivity contribution in [3.8, 4) is 10.4 Å². The van der Waals surface area contributed by atoms with Gasteiger partial charge in [-0.2, -0.15) is 0 Å². The monoisotopic (exact) mass is 1380 g/mol. The number of thiazole rings is 2. The highest BCUT2D eigenvalue weighted by Gasteiger charge is 2.63. The first-order chi connectivity index (χ1) is 46.1. The Labute approximate surface area is 569 Å². The van der Waals surface area contributed by atoms with Gasteiger partial charge in [-0.25, -0.2) is 31.9 Å². The molecule has 14 rings (SSSR count). The molecule has 4 aliphatic heterocycles. The van der Waals surface area contributed by atoms with Gasteiger partial charge in [0.2, 0.25) is 37.8 Å². The number of rotatable bonds is 13. The molecule has 10 atom stereocenters. The summed E-state index contributed by atoms with van der Waals surface area (Å²) in [4.78, 5) is 95.5. The van der Waals surface area contributed by atoms with Crippen molar-refractivity contribution in [3.63, 3.8) is 0 Å². The maximum absolute atomic E-state index is 14.5. The van der Waals surface area contributed by atoms with Crippen molar-refractivity contribution in [2.24, 2.45) is 39.6 Å². The van der Waals surface area contributed by atoms with Crippen molar-refractivity contribution >= 4 is 98.4 Å². The molecule has 2 saturated heterocycles. The van der Waals surface area contributed by atoms with Crippen LogP contribution in [0.1, 0.15) is 146 Å². The van der Waals surface area contributed by atoms with E-state index in [2.05, 4.69) is 26.8 Å². The number of sulfonamides is 2. The second-order valence-corrected chi connectivity index (χ2v) is 34.0. The molecule has 4 aliphatic carbocycles. The fraction of sp³-hybridized carbons (Fsp3) is 0.507. The van der Waals surface area contributed by atoms with Crippen LogP contribution in [0.15, 0.2) is 133 Å². The molecule has 0 bridgehead atoms. The Bertz CT molecular complexity index is 4070. The number of ketones is 2. The van der Waals surface area contributed by atoms with Gasteiger partial charge in [0.15, 0.2) is 11.6 Å². The Morgan fingerprint density at radius 2 is 1.04 bits per heavy atom. The number of benzene rings is 4. The molecule has 0 radical (unpaired) electrons. The van der Waals surface area contributed by atoms with E-state index >= 15 is 0 Å². The van der Waals surface area contributed by atoms with Gasteiger partial charge >= 0.3 is 5.97 Å². The molecule has 8 aliphatic rings. The molecule has 6 fully saturated rings. The Hall–Kier alpha value is -7.18. The van der Waals surface area contributed by atoms with Gasteiger partial charge in [-0.1, -0.05) is 158 Å². The number of Topliss-reactive ketones (excluding diaryl/α,β-unsaturated/α-hetero) is 2. The average molecular weight is 1380 g/mol. The number of allylic oxidation sites excluding steroid dienone is 4. The smallest absolute Gasteiger partial charge is 0.310 e. The van der Waals surface area contributed by atoms with E-state index in [1.54, 1.807) is 16.7 Å². The van der Waals surface area contributed by atoms with E-state index in [1.165, 1.54) is 22.7 Å². The Kier molecular flexibility index (Phi) is 20.8. The number of nitrogens with zero attached hydrogens (tertiary/aromatic N) is 4. The predicted octanol–water partition coefficient (Wildman–Crippen LogP) is 11.5. The number of amides is 3. The third-order valence-corrected chi connectivity index (χ3v) is 26.3. The summed E-state index contributed by atoms with van der Waals surface area (Å²) < 4.78 is 63.0. The summed E-state index contributed by atoms with van der Waals surface area (Å²) in [5.41, 5.74) is 1.65. The zero-order valence-corrected chi connectivity index (χ0v) is 57.5. The summed E-state index contributed by atoms with van der Waals surface area (Å²) in [6, 6.07) is 34.1. The molecule has 3 amide bonds. The minimum atomic E-state index is -3.77. The molecule has 0 unspecified atom stereocenters. The normalized spacial score (nSPS) is 29.1. The molecule has 23 heteroatoms. The van der Waals surface area contributed by atoms with E-state index in [1.807, 2.05) is 121 Å². The molecule has 510 valence electrons. The third-order valence-electron chi connectivity index (χ3n) is 20.8. The Balaban J connectivity index is 0.000000165. The number of nitrogens with two attached hydrogens (primary N) is 1. The zero-order valence-electron chi connectivity index (χ0n) is 54.2. The largest absolute Gasteiger partial charge is 0.481 e. The van der Waals surface area contributed by atoms with Crippen molar-refractivity contribution in [2.45, 2.75) is 182 Å². The quantitative estimate of drug-likeness (QED) is 0.0907. The van der Waals surface area contributed by atoms with Gasteiger partial charge in [0.25, 0.3) is 10.4 Å². The number of carbonyl (C=O) groups is 6. The molecule has 4 saturated carbocycles. The Morgan fingerprint density at radius 3 is 1.47 bits per heavy atom. The number of fused-ring (bicyclic) bond motifs is 6. The standard InChI is InChI=1S/C36H41N3O6S2.C33H36N2O5S.C4H9NO2S/c40-31-22-36(34(42)38-47(43,44)28-17-18-28)21-26(36)14-8-3-1-2-7-13-25(19-24-11-5-4-6-12-24)33(41)39-23-27(20-30(31)39)45-35-37-29-15-9-10-16-32(29)46-35;36-28-20-33(31(38)39)19-24(33)14-8-3-1-2-7-13-23(17-22-11-5-4-6-12-22)30(37)35-21-25(18-27(28)35)40-32-34-26-15-9-10-16-29(26)41-32;1-4(2-3-4)8(5,6)7/h4-6,8-12,14-16,25-28,30H,1-3,7,13,17-23H2,(H,38,42);4-6,8-12,14-16,23-25,27H,1-3,7,13,17-21H2,(H,38,39);2-3H2,1H3,(H2,5,6,7)/b2*14-8-;/t25-,26-,27-,30+,36-;23-,24-,25-,27+,33-;/m11./s1. The summed E-state index contributed by atoms with van der Waals surface area (Å²) in [5, 5.41) is 15.4. The SMILES string of the molecule is CC1(S(N)(=O)=O)CC1.O=C1C[C@]2(C(=O)NS(=O)(=O)C3CC3)C[C@H]2/C=C\CCCCC[C@H](Cc2ccccc2)C(=O)N2C[C@H](Oc3nc4ccccc4s3)C[C@@H]12.O=C1C[C@]2(C(=O)O)C[C@H]2/C=C\CCCCC[C@H](Cc2ccccc2)C(=O)N2C[C@H](Oc3nc4ccccc4s3)C[C@@H]12. The maximum atomic E-state index is 14.5. The van der Waals surface area contributed by atoms with Gasteiger partial charge in [-0.05, 0) is 144 Å². The third kappa shape index (κ3) is 16.2. The van der Waals surface area contributed by atoms with E-state index in [0.29, 0.717) is 68.3 Å². The summed E-state index contributed by atoms with van der Waals surface area (Å²) in [6.45, 7) is 2.21. The van der Waals surface area contributed by atoms with E-state index in [9.17, 15) is 50.7 Å². The van der Waals surface area contributed by atoms with E-state index in [4.69, 9.17) is 14.6 Å². The molecule has 96 heavy (non-hydrogen) atoms. The van der Waals surface area contributed by atoms with Crippen molar-refractivity contribution in [3.05, 3.63) is 145 Å². The molecule has 0 spiro atoms. The van der Waals surface area contributed by atoms with Crippen LogP contribution >= 0.6 is 22.7 Å². The molecule has 6 heterocycles. The van der Waals surface area contributed by atoms with E-state index in [-0.39, 0.29) is 79.0 Å². The number of aliphatic carboxylic acids is 1. The number of primary sulfonamides is 1. The minimum Gasteiger partial charge on any atom is -0.481 e. The number of carboxylic acid groups (broad SMARTS) is 1. The first kappa shape index (κ1) is 68.7. The van der Waals surface area contributed by atoms with E-state index < -0.39 is 70.9 Å². The summed E-state index contributed by atoms with van der Waals surface area (Å²) in [5.74, 6) is -2.96. The molecular weight excluding hydrogens is 1300 g/mol. The van der Waals surface area contributed by atoms with Crippen LogP contribution in [0.2, 0.25) is 0 Å². The number of carbonyl (C=O) groups excluding carboxylic acids is 5. The Morgan fingerprint density at radius 1 is 0.604 bits per heavy atom. The number of aromatic nitrogens is 2. The van der Waals surface area contributed by atoms with Gasteiger partial charge in [-0.3, -0.25) is 33.5 Å². The lowest BCUT2D eigenvalue weighted by atomic mass is 9.90. The number of carboxylic acids is 1. The number of ether oxygens (including phenoxy) is 2. The van der Waals surface area contributed by atoms with Crippen molar-refractivity contribution in [2.75, 3.05) is 13.1 Å². The van der Waals surface area contributed by atoms with Crippen LogP contribution in [0.25, 0.3) is 20.4 Å². The van der Waals surface area contributed by atoms with Gasteiger partial charge in [0, 0.05) is 37.5 Å². The van der Waals surface area contributed by atoms with E-state index in [0.717, 1.165) is 102 Å². The van der Waals surface area contributed by atoms with Crippen LogP contribution in [0.3, 0.4) is 0 Å². The second kappa shape index (κ2) is 29.1.